The first kappa shape index (κ1) is 29.2. The highest BCUT2D eigenvalue weighted by Gasteiger charge is 2.55. The molecule has 3 aromatic rings. The smallest absolute Gasteiger partial charge is 0.269 e. The second-order valence-electron chi connectivity index (χ2n) is 12.1. The summed E-state index contributed by atoms with van der Waals surface area (Å²) < 4.78 is 0. The van der Waals surface area contributed by atoms with Crippen molar-refractivity contribution in [2.24, 2.45) is 21.4 Å². The van der Waals surface area contributed by atoms with E-state index in [0.717, 1.165) is 52.1 Å². The average molecular weight is 618 g/mol. The number of imide groups is 1. The Bertz CT molecular complexity index is 1830. The van der Waals surface area contributed by atoms with E-state index in [1.54, 1.807) is 0 Å². The van der Waals surface area contributed by atoms with Gasteiger partial charge >= 0.3 is 0 Å². The molecule has 12 nitrogen and oxygen atoms in total. The zero-order valence-corrected chi connectivity index (χ0v) is 25.3. The minimum Gasteiger partial charge on any atom is -0.271 e. The molecule has 46 heavy (non-hydrogen) atoms. The summed E-state index contributed by atoms with van der Waals surface area (Å²) in [6.45, 7) is 3.76. The number of nitro groups is 1. The highest BCUT2D eigenvalue weighted by atomic mass is 16.6. The molecule has 0 radical (unpaired) electrons. The molecule has 7 rings (SSSR count). The quantitative estimate of drug-likeness (QED) is 0.208. The van der Waals surface area contributed by atoms with Gasteiger partial charge in [-0.15, -0.1) is 0 Å². The van der Waals surface area contributed by atoms with Crippen LogP contribution in [0.15, 0.2) is 93.8 Å². The molecule has 3 heterocycles. The summed E-state index contributed by atoms with van der Waals surface area (Å²) in [6, 6.07) is 19.0. The number of non-ortho nitro benzene ring substituents is 1. The number of hydrogen-bond donors (Lipinski definition) is 0. The zero-order valence-electron chi connectivity index (χ0n) is 25.3. The monoisotopic (exact) mass is 617 g/mol. The largest absolute Gasteiger partial charge is 0.271 e. The highest BCUT2D eigenvalue weighted by Crippen LogP contribution is 2.45. The lowest BCUT2D eigenvalue weighted by Gasteiger charge is -2.30. The molecule has 12 heteroatoms. The molecule has 4 atom stereocenters. The van der Waals surface area contributed by atoms with E-state index >= 15 is 0 Å². The average Bonchev–Trinajstić information content (AvgIpc) is 3.72. The third-order valence-electron chi connectivity index (χ3n) is 9.07. The van der Waals surface area contributed by atoms with E-state index in [0.29, 0.717) is 0 Å². The van der Waals surface area contributed by atoms with E-state index in [9.17, 15) is 24.5 Å². The van der Waals surface area contributed by atoms with Crippen molar-refractivity contribution >= 4 is 40.9 Å². The van der Waals surface area contributed by atoms with Gasteiger partial charge in [-0.05, 0) is 68.0 Å². The fraction of sp³-hybridized carbons (Fsp3) is 0.294. The van der Waals surface area contributed by atoms with Crippen LogP contribution in [-0.4, -0.2) is 57.0 Å². The number of aryl methyl sites for hydroxylation is 2. The maximum atomic E-state index is 14.1. The van der Waals surface area contributed by atoms with Crippen molar-refractivity contribution in [3.8, 4) is 0 Å². The molecule has 3 aliphatic heterocycles. The summed E-state index contributed by atoms with van der Waals surface area (Å²) in [5.41, 5.74) is 6.35. The maximum Gasteiger partial charge on any atom is 0.269 e. The molecule has 4 aliphatic rings. The molecule has 3 aromatic carbocycles. The summed E-state index contributed by atoms with van der Waals surface area (Å²) in [4.78, 5) is 52.3. The molecule has 0 spiro atoms. The Balaban J connectivity index is 1.17. The van der Waals surface area contributed by atoms with Crippen molar-refractivity contribution in [3.05, 3.63) is 111 Å². The van der Waals surface area contributed by atoms with Gasteiger partial charge in [0, 0.05) is 18.1 Å². The number of carbonyl (C=O) groups excluding carboxylic acids is 3. The van der Waals surface area contributed by atoms with E-state index in [1.165, 1.54) is 39.8 Å². The van der Waals surface area contributed by atoms with Crippen LogP contribution < -0.4 is 4.90 Å². The van der Waals surface area contributed by atoms with Gasteiger partial charge in [0.05, 0.1) is 22.4 Å². The van der Waals surface area contributed by atoms with Gasteiger partial charge in [-0.25, -0.2) is 9.91 Å². The highest BCUT2D eigenvalue weighted by molar-refractivity contribution is 6.25. The first-order valence-corrected chi connectivity index (χ1v) is 15.2. The van der Waals surface area contributed by atoms with Crippen molar-refractivity contribution in [2.75, 3.05) is 11.4 Å². The SMILES string of the molecule is Cc1ccc(/C=C2\CCC[C@H]3C2=NN(C(=O)CN2N=N[C@@H]4C(=O)N(c5ccc([N+](=O)[O-])cc5)C(=O)[C@@H]42)[C@@H]3c2ccc(C)cc2)cc1. The zero-order chi connectivity index (χ0) is 32.1. The van der Waals surface area contributed by atoms with Crippen LogP contribution in [0.4, 0.5) is 11.4 Å². The number of amides is 3. The van der Waals surface area contributed by atoms with Gasteiger partial charge in [0.15, 0.2) is 12.1 Å². The lowest BCUT2D eigenvalue weighted by molar-refractivity contribution is -0.384. The summed E-state index contributed by atoms with van der Waals surface area (Å²) in [6.07, 6.45) is 4.84. The topological polar surface area (TPSA) is 141 Å². The molecule has 1 saturated heterocycles. The molecular formula is C34H31N7O5. The number of allylic oxidation sites excluding steroid dienone is 1. The number of rotatable bonds is 6. The van der Waals surface area contributed by atoms with Crippen LogP contribution >= 0.6 is 0 Å². The number of carbonyl (C=O) groups is 3. The molecule has 0 N–H and O–H groups in total. The number of nitro benzene ring substituents is 1. The predicted molar refractivity (Wildman–Crippen MR) is 169 cm³/mol. The Hall–Kier alpha value is -5.52. The van der Waals surface area contributed by atoms with Crippen LogP contribution in [0.25, 0.3) is 6.08 Å². The van der Waals surface area contributed by atoms with E-state index in [2.05, 4.69) is 47.6 Å². The van der Waals surface area contributed by atoms with Gasteiger partial charge in [0.25, 0.3) is 23.4 Å². The third kappa shape index (κ3) is 5.05. The number of hydrogen-bond acceptors (Lipinski definition) is 9. The Morgan fingerprint density at radius 3 is 2.28 bits per heavy atom. The first-order chi connectivity index (χ1) is 22.2. The van der Waals surface area contributed by atoms with Crippen molar-refractivity contribution < 1.29 is 19.3 Å². The van der Waals surface area contributed by atoms with E-state index in [1.807, 2.05) is 31.2 Å². The number of anilines is 1. The second kappa shape index (κ2) is 11.4. The number of benzene rings is 3. The van der Waals surface area contributed by atoms with Crippen LogP contribution in [0.2, 0.25) is 0 Å². The van der Waals surface area contributed by atoms with Crippen LogP contribution in [0.3, 0.4) is 0 Å². The van der Waals surface area contributed by atoms with Crippen LogP contribution in [0.5, 0.6) is 0 Å². The van der Waals surface area contributed by atoms with Crippen LogP contribution in [0.1, 0.15) is 47.6 Å². The van der Waals surface area contributed by atoms with Gasteiger partial charge in [-0.3, -0.25) is 29.5 Å². The van der Waals surface area contributed by atoms with Crippen molar-refractivity contribution in [1.82, 2.24) is 10.0 Å². The number of nitrogens with zero attached hydrogens (tertiary/aromatic N) is 7. The maximum absolute atomic E-state index is 14.1. The first-order valence-electron chi connectivity index (χ1n) is 15.2. The van der Waals surface area contributed by atoms with Crippen LogP contribution in [0, 0.1) is 29.9 Å². The molecule has 0 unspecified atom stereocenters. The summed E-state index contributed by atoms with van der Waals surface area (Å²) >= 11 is 0. The van der Waals surface area contributed by atoms with Gasteiger partial charge < -0.3 is 0 Å². The van der Waals surface area contributed by atoms with E-state index in [-0.39, 0.29) is 35.8 Å². The lowest BCUT2D eigenvalue weighted by atomic mass is 9.77. The molecular weight excluding hydrogens is 586 g/mol. The second-order valence-corrected chi connectivity index (χ2v) is 12.1. The normalized spacial score (nSPS) is 24.4. The summed E-state index contributed by atoms with van der Waals surface area (Å²) in [5, 5.41) is 26.9. The molecule has 2 fully saturated rings. The number of hydrazone groups is 1. The molecule has 0 aromatic heterocycles. The fourth-order valence-corrected chi connectivity index (χ4v) is 6.71. The van der Waals surface area contributed by atoms with Gasteiger partial charge in [0.2, 0.25) is 0 Å². The fourth-order valence-electron chi connectivity index (χ4n) is 6.71. The Morgan fingerprint density at radius 1 is 0.935 bits per heavy atom. The Labute approximate surface area is 264 Å². The van der Waals surface area contributed by atoms with Gasteiger partial charge in [0.1, 0.15) is 6.54 Å². The molecule has 0 bridgehead atoms. The molecule has 232 valence electrons. The summed E-state index contributed by atoms with van der Waals surface area (Å²) in [5.74, 6) is -1.56. The van der Waals surface area contributed by atoms with Crippen molar-refractivity contribution in [1.29, 1.82) is 0 Å². The molecule has 1 saturated carbocycles. The van der Waals surface area contributed by atoms with Crippen molar-refractivity contribution in [3.63, 3.8) is 0 Å². The van der Waals surface area contributed by atoms with Crippen LogP contribution in [-0.2, 0) is 14.4 Å². The summed E-state index contributed by atoms with van der Waals surface area (Å²) in [7, 11) is 0. The van der Waals surface area contributed by atoms with Crippen molar-refractivity contribution in [2.45, 2.75) is 51.2 Å². The minimum absolute atomic E-state index is 0.00243. The van der Waals surface area contributed by atoms with Gasteiger partial charge in [-0.1, -0.05) is 64.9 Å². The molecule has 3 amide bonds. The van der Waals surface area contributed by atoms with E-state index in [4.69, 9.17) is 5.10 Å². The number of fused-ring (bicyclic) bond motifs is 2. The van der Waals surface area contributed by atoms with Gasteiger partial charge in [-0.2, -0.15) is 10.2 Å². The molecule has 1 aliphatic carbocycles. The Morgan fingerprint density at radius 2 is 1.61 bits per heavy atom. The third-order valence-corrected chi connectivity index (χ3v) is 9.07. The van der Waals surface area contributed by atoms with E-state index < -0.39 is 28.8 Å². The minimum atomic E-state index is -1.11. The Kier molecular flexibility index (Phi) is 7.26. The standard InChI is InChI=1S/C34H31N7O5/c1-20-6-10-22(11-7-20)18-24-4-3-5-27-29(24)36-40(31(27)23-12-8-21(2)9-13-23)28(42)19-38-32-30(35-37-38)33(43)39(34(32)44)25-14-16-26(17-15-25)41(45)46/h6-18,27,30-32H,3-5,19H2,1-2H3/b24-18+/t27-,30-,31+,32+/m0/s1. The predicted octanol–water partition coefficient (Wildman–Crippen LogP) is 5.33. The lowest BCUT2D eigenvalue weighted by Crippen LogP contribution is -2.45.